The maximum absolute atomic E-state index is 13.1. The van der Waals surface area contributed by atoms with Crippen LogP contribution in [0, 0.1) is 5.41 Å². The van der Waals surface area contributed by atoms with Crippen LogP contribution in [0.4, 0.5) is 0 Å². The molecule has 0 unspecified atom stereocenters. The van der Waals surface area contributed by atoms with Crippen LogP contribution in [-0.2, 0) is 9.53 Å². The molecular weight excluding hydrogens is 450 g/mol. The molecular formula is C25H31N5O5. The number of hydrogen-bond acceptors (Lipinski definition) is 7. The zero-order valence-corrected chi connectivity index (χ0v) is 20.7. The zero-order chi connectivity index (χ0) is 26.7. The van der Waals surface area contributed by atoms with E-state index in [4.69, 9.17) is 10.8 Å². The monoisotopic (exact) mass is 482 g/mol. The van der Waals surface area contributed by atoms with Gasteiger partial charge in [0.15, 0.2) is 5.69 Å². The van der Waals surface area contributed by atoms with Crippen molar-refractivity contribution in [2.75, 3.05) is 20.7 Å². The molecule has 0 saturated heterocycles. The standard InChI is InChI=1S/C25H31N5O5/c1-24(2,3)35-23(33)25(4,5)13-28-20(31)17-10-15(12-27-22(17)34-7)14-8-9-16-18(11-14)29-30-19(16)21(32)26-6/h8-12H,13H2,1-7H3,(H,26,32)(H,28,31)(H,29,30)/i7D. The number of carbonyl (C=O) groups is 3. The van der Waals surface area contributed by atoms with Crippen LogP contribution >= 0.6 is 0 Å². The number of aromatic amines is 1. The van der Waals surface area contributed by atoms with E-state index >= 15 is 0 Å². The highest BCUT2D eigenvalue weighted by atomic mass is 16.6. The van der Waals surface area contributed by atoms with Gasteiger partial charge in [-0.05, 0) is 58.4 Å². The number of esters is 1. The lowest BCUT2D eigenvalue weighted by atomic mass is 9.93. The second-order valence-electron chi connectivity index (χ2n) is 9.70. The Morgan fingerprint density at radius 1 is 1.09 bits per heavy atom. The van der Waals surface area contributed by atoms with E-state index < -0.39 is 30.0 Å². The fraction of sp³-hybridized carbons (Fsp3) is 0.400. The lowest BCUT2D eigenvalue weighted by Gasteiger charge is -2.28. The van der Waals surface area contributed by atoms with Crippen LogP contribution in [0.5, 0.6) is 5.88 Å². The minimum atomic E-state index is -0.974. The van der Waals surface area contributed by atoms with Gasteiger partial charge >= 0.3 is 5.97 Å². The SMILES string of the molecule is [2H]COc1ncc(-c2ccc3c(C(=O)NC)n[nH]c3c2)cc1C(=O)NCC(C)(C)C(=O)OC(C)(C)C. The van der Waals surface area contributed by atoms with E-state index in [2.05, 4.69) is 25.8 Å². The van der Waals surface area contributed by atoms with Crippen molar-refractivity contribution < 1.29 is 25.2 Å². The van der Waals surface area contributed by atoms with Gasteiger partial charge in [0.25, 0.3) is 11.8 Å². The fourth-order valence-corrected chi connectivity index (χ4v) is 3.26. The third-order valence-electron chi connectivity index (χ3n) is 5.21. The van der Waals surface area contributed by atoms with E-state index in [0.717, 1.165) is 5.56 Å². The van der Waals surface area contributed by atoms with E-state index in [1.165, 1.54) is 13.2 Å². The number of amides is 2. The highest BCUT2D eigenvalue weighted by Gasteiger charge is 2.33. The van der Waals surface area contributed by atoms with Gasteiger partial charge in [-0.1, -0.05) is 6.07 Å². The van der Waals surface area contributed by atoms with Gasteiger partial charge in [0.1, 0.15) is 11.2 Å². The summed E-state index contributed by atoms with van der Waals surface area (Å²) in [6.07, 6.45) is 1.53. The molecule has 0 fully saturated rings. The summed E-state index contributed by atoms with van der Waals surface area (Å²) in [5.41, 5.74) is 0.757. The Labute approximate surface area is 205 Å². The molecule has 2 aromatic heterocycles. The topological polar surface area (TPSA) is 135 Å². The first-order valence-electron chi connectivity index (χ1n) is 11.7. The minimum Gasteiger partial charge on any atom is -0.480 e. The number of aromatic nitrogens is 3. The molecule has 1 aromatic carbocycles. The molecule has 0 atom stereocenters. The minimum absolute atomic E-state index is 0.00541. The second-order valence-corrected chi connectivity index (χ2v) is 9.70. The number of fused-ring (bicyclic) bond motifs is 1. The number of carbonyl (C=O) groups excluding carboxylic acids is 3. The van der Waals surface area contributed by atoms with Crippen molar-refractivity contribution in [1.29, 1.82) is 0 Å². The molecule has 10 heteroatoms. The van der Waals surface area contributed by atoms with Crippen molar-refractivity contribution >= 4 is 28.7 Å². The van der Waals surface area contributed by atoms with Gasteiger partial charge in [0.2, 0.25) is 5.88 Å². The maximum atomic E-state index is 13.1. The van der Waals surface area contributed by atoms with Crippen LogP contribution in [0.15, 0.2) is 30.5 Å². The van der Waals surface area contributed by atoms with Gasteiger partial charge in [-0.2, -0.15) is 5.10 Å². The number of nitrogens with zero attached hydrogens (tertiary/aromatic N) is 2. The van der Waals surface area contributed by atoms with Crippen molar-refractivity contribution in [3.8, 4) is 17.0 Å². The first-order chi connectivity index (χ1) is 16.9. The van der Waals surface area contributed by atoms with Crippen LogP contribution in [0.2, 0.25) is 0 Å². The van der Waals surface area contributed by atoms with Crippen molar-refractivity contribution in [2.24, 2.45) is 5.41 Å². The molecule has 0 radical (unpaired) electrons. The maximum Gasteiger partial charge on any atom is 0.313 e. The normalized spacial score (nSPS) is 12.1. The predicted octanol–water partition coefficient (Wildman–Crippen LogP) is 3.09. The third kappa shape index (κ3) is 5.76. The Hall–Kier alpha value is -3.95. The Morgan fingerprint density at radius 2 is 1.83 bits per heavy atom. The Balaban J connectivity index is 1.88. The summed E-state index contributed by atoms with van der Waals surface area (Å²) in [5, 5.41) is 12.9. The molecule has 2 heterocycles. The summed E-state index contributed by atoms with van der Waals surface area (Å²) in [5.74, 6) is -1.24. The predicted molar refractivity (Wildman–Crippen MR) is 131 cm³/mol. The Morgan fingerprint density at radius 3 is 2.49 bits per heavy atom. The molecule has 3 N–H and O–H groups in total. The Bertz CT molecular complexity index is 1300. The molecule has 3 rings (SSSR count). The number of ether oxygens (including phenoxy) is 2. The van der Waals surface area contributed by atoms with Crippen LogP contribution in [0.25, 0.3) is 22.0 Å². The summed E-state index contributed by atoms with van der Waals surface area (Å²) in [4.78, 5) is 41.9. The number of rotatable bonds is 7. The van der Waals surface area contributed by atoms with E-state index in [0.29, 0.717) is 16.5 Å². The molecule has 0 aliphatic carbocycles. The highest BCUT2D eigenvalue weighted by Crippen LogP contribution is 2.28. The summed E-state index contributed by atoms with van der Waals surface area (Å²) < 4.78 is 18.1. The highest BCUT2D eigenvalue weighted by molar-refractivity contribution is 6.05. The lowest BCUT2D eigenvalue weighted by molar-refractivity contribution is -0.165. The molecule has 0 bridgehead atoms. The number of methoxy groups -OCH3 is 1. The zero-order valence-electron chi connectivity index (χ0n) is 21.7. The van der Waals surface area contributed by atoms with E-state index in [1.807, 2.05) is 0 Å². The quantitative estimate of drug-likeness (QED) is 0.440. The van der Waals surface area contributed by atoms with Crippen molar-refractivity contribution in [3.63, 3.8) is 0 Å². The van der Waals surface area contributed by atoms with Gasteiger partial charge in [-0.25, -0.2) is 4.98 Å². The van der Waals surface area contributed by atoms with Gasteiger partial charge < -0.3 is 20.1 Å². The fourth-order valence-electron chi connectivity index (χ4n) is 3.26. The van der Waals surface area contributed by atoms with Crippen molar-refractivity contribution in [1.82, 2.24) is 25.8 Å². The molecule has 2 amide bonds. The van der Waals surface area contributed by atoms with E-state index in [9.17, 15) is 14.4 Å². The van der Waals surface area contributed by atoms with E-state index in [-0.39, 0.29) is 29.6 Å². The molecule has 10 nitrogen and oxygen atoms in total. The molecule has 0 spiro atoms. The summed E-state index contributed by atoms with van der Waals surface area (Å²) in [6.45, 7) is 8.73. The van der Waals surface area contributed by atoms with Crippen LogP contribution in [0.1, 0.15) is 56.8 Å². The largest absolute Gasteiger partial charge is 0.480 e. The average molecular weight is 483 g/mol. The van der Waals surface area contributed by atoms with Crippen molar-refractivity contribution in [3.05, 3.63) is 41.7 Å². The van der Waals surface area contributed by atoms with Gasteiger partial charge in [-0.3, -0.25) is 19.5 Å². The average Bonchev–Trinajstić information content (AvgIpc) is 3.24. The first-order valence-corrected chi connectivity index (χ1v) is 11.0. The molecule has 0 saturated carbocycles. The first kappa shape index (κ1) is 24.2. The molecule has 0 aliphatic rings. The van der Waals surface area contributed by atoms with Gasteiger partial charge in [0, 0.05) is 30.7 Å². The van der Waals surface area contributed by atoms with Gasteiger partial charge in [0.05, 0.1) is 19.4 Å². The number of hydrogen-bond donors (Lipinski definition) is 3. The molecule has 35 heavy (non-hydrogen) atoms. The smallest absolute Gasteiger partial charge is 0.313 e. The summed E-state index contributed by atoms with van der Waals surface area (Å²) in [7, 11) is 1.11. The van der Waals surface area contributed by atoms with Crippen molar-refractivity contribution in [2.45, 2.75) is 40.2 Å². The molecule has 186 valence electrons. The van der Waals surface area contributed by atoms with Crippen LogP contribution < -0.4 is 15.4 Å². The summed E-state index contributed by atoms with van der Waals surface area (Å²) >= 11 is 0. The van der Waals surface area contributed by atoms with Gasteiger partial charge in [-0.15, -0.1) is 0 Å². The number of benzene rings is 1. The van der Waals surface area contributed by atoms with E-state index in [1.54, 1.807) is 58.9 Å². The molecule has 3 aromatic rings. The Kier molecular flexibility index (Phi) is 6.72. The van der Waals surface area contributed by atoms with Crippen LogP contribution in [-0.4, -0.2) is 59.2 Å². The second kappa shape index (κ2) is 9.73. The summed E-state index contributed by atoms with van der Waals surface area (Å²) in [6, 6.07) is 6.95. The molecule has 0 aliphatic heterocycles. The number of H-pyrrole nitrogens is 1. The lowest BCUT2D eigenvalue weighted by Crippen LogP contribution is -2.42. The number of nitrogens with one attached hydrogen (secondary N) is 3. The third-order valence-corrected chi connectivity index (χ3v) is 5.21. The number of pyridine rings is 1. The van der Waals surface area contributed by atoms with Crippen LogP contribution in [0.3, 0.4) is 0 Å².